The summed E-state index contributed by atoms with van der Waals surface area (Å²) in [5.41, 5.74) is 0.451. The van der Waals surface area contributed by atoms with Gasteiger partial charge in [-0.15, -0.1) is 0 Å². The zero-order valence-corrected chi connectivity index (χ0v) is 13.3. The molecule has 2 aromatic rings. The highest BCUT2D eigenvalue weighted by Crippen LogP contribution is 2.20. The van der Waals surface area contributed by atoms with Crippen molar-refractivity contribution in [1.82, 2.24) is 10.3 Å². The van der Waals surface area contributed by atoms with Crippen molar-refractivity contribution in [3.05, 3.63) is 64.7 Å². The Hall–Kier alpha value is -2.22. The minimum atomic E-state index is -1.61. The number of hydrogen-bond acceptors (Lipinski definition) is 5. The van der Waals surface area contributed by atoms with E-state index in [2.05, 4.69) is 10.3 Å². The lowest BCUT2D eigenvalue weighted by atomic mass is 10.1. The number of aromatic nitrogens is 1. The van der Waals surface area contributed by atoms with E-state index in [0.29, 0.717) is 0 Å². The summed E-state index contributed by atoms with van der Waals surface area (Å²) in [6.45, 7) is -0.267. The van der Waals surface area contributed by atoms with Gasteiger partial charge >= 0.3 is 6.09 Å². The van der Waals surface area contributed by atoms with Crippen molar-refractivity contribution in [3.8, 4) is 0 Å². The molecule has 1 amide bonds. The fraction of sp³-hybridized carbons (Fsp3) is 0.250. The van der Waals surface area contributed by atoms with Crippen LogP contribution in [0.15, 0.2) is 42.6 Å². The molecule has 24 heavy (non-hydrogen) atoms. The quantitative estimate of drug-likeness (QED) is 0.739. The number of amides is 1. The van der Waals surface area contributed by atoms with Gasteiger partial charge in [0, 0.05) is 12.7 Å². The Morgan fingerprint density at radius 1 is 1.33 bits per heavy atom. The van der Waals surface area contributed by atoms with Crippen LogP contribution in [0.4, 0.5) is 9.18 Å². The van der Waals surface area contributed by atoms with Crippen molar-refractivity contribution in [2.45, 2.75) is 18.8 Å². The summed E-state index contributed by atoms with van der Waals surface area (Å²) in [6, 6.07) is 10.0. The molecule has 2 unspecified atom stereocenters. The number of nitrogens with zero attached hydrogens (tertiary/aromatic N) is 1. The number of carbonyl (C=O) groups excluding carboxylic acids is 1. The molecular formula is C16H16ClFN2O4. The number of aliphatic hydroxyl groups excluding tert-OH is 2. The maximum absolute atomic E-state index is 13.6. The molecule has 0 aliphatic carbocycles. The lowest BCUT2D eigenvalue weighted by molar-refractivity contribution is 0.0137. The van der Waals surface area contributed by atoms with Crippen LogP contribution in [-0.2, 0) is 11.3 Å². The van der Waals surface area contributed by atoms with Crippen LogP contribution >= 0.6 is 11.6 Å². The average molecular weight is 355 g/mol. The fourth-order valence-corrected chi connectivity index (χ4v) is 2.04. The fourth-order valence-electron chi connectivity index (χ4n) is 1.90. The summed E-state index contributed by atoms with van der Waals surface area (Å²) < 4.78 is 18.6. The molecule has 128 valence electrons. The second-order valence-electron chi connectivity index (χ2n) is 4.98. The van der Waals surface area contributed by atoms with Crippen molar-refractivity contribution in [2.75, 3.05) is 6.54 Å². The van der Waals surface area contributed by atoms with Crippen LogP contribution in [-0.4, -0.2) is 33.9 Å². The molecule has 0 radical (unpaired) electrons. The molecule has 8 heteroatoms. The normalized spacial score (nSPS) is 13.2. The van der Waals surface area contributed by atoms with Gasteiger partial charge in [0.2, 0.25) is 0 Å². The first-order valence-corrected chi connectivity index (χ1v) is 7.47. The van der Waals surface area contributed by atoms with Crippen LogP contribution in [0.2, 0.25) is 5.02 Å². The van der Waals surface area contributed by atoms with E-state index >= 15 is 0 Å². The van der Waals surface area contributed by atoms with Gasteiger partial charge in [-0.05, 0) is 11.6 Å². The molecule has 2 rings (SSSR count). The summed E-state index contributed by atoms with van der Waals surface area (Å²) in [6.07, 6.45) is -2.69. The van der Waals surface area contributed by atoms with Gasteiger partial charge in [-0.3, -0.25) is 4.98 Å². The number of benzene rings is 1. The van der Waals surface area contributed by atoms with E-state index in [1.165, 1.54) is 0 Å². The molecule has 3 N–H and O–H groups in total. The highest BCUT2D eigenvalue weighted by Gasteiger charge is 2.24. The number of nitrogens with one attached hydrogen (secondary N) is 1. The predicted octanol–water partition coefficient (Wildman–Crippen LogP) is 2.19. The van der Waals surface area contributed by atoms with Crippen molar-refractivity contribution in [1.29, 1.82) is 0 Å². The molecule has 2 atom stereocenters. The van der Waals surface area contributed by atoms with E-state index in [0.717, 1.165) is 17.8 Å². The highest BCUT2D eigenvalue weighted by atomic mass is 35.5. The molecular weight excluding hydrogens is 339 g/mol. The molecule has 0 bridgehead atoms. The summed E-state index contributed by atoms with van der Waals surface area (Å²) in [7, 11) is 0. The Kier molecular flexibility index (Phi) is 6.48. The van der Waals surface area contributed by atoms with Gasteiger partial charge in [0.25, 0.3) is 0 Å². The van der Waals surface area contributed by atoms with Crippen LogP contribution < -0.4 is 5.32 Å². The third kappa shape index (κ3) is 5.16. The maximum Gasteiger partial charge on any atom is 0.407 e. The molecule has 0 aliphatic rings. The van der Waals surface area contributed by atoms with Gasteiger partial charge < -0.3 is 20.3 Å². The zero-order valence-electron chi connectivity index (χ0n) is 12.5. The van der Waals surface area contributed by atoms with Gasteiger partial charge in [-0.1, -0.05) is 41.9 Å². The lowest BCUT2D eigenvalue weighted by Crippen LogP contribution is -2.36. The largest absolute Gasteiger partial charge is 0.445 e. The van der Waals surface area contributed by atoms with E-state index in [4.69, 9.17) is 16.3 Å². The van der Waals surface area contributed by atoms with Crippen molar-refractivity contribution in [3.63, 3.8) is 0 Å². The lowest BCUT2D eigenvalue weighted by Gasteiger charge is -2.18. The third-order valence-electron chi connectivity index (χ3n) is 3.15. The number of aliphatic hydroxyl groups is 2. The Morgan fingerprint density at radius 2 is 2.04 bits per heavy atom. The van der Waals surface area contributed by atoms with Gasteiger partial charge in [-0.2, -0.15) is 0 Å². The van der Waals surface area contributed by atoms with Crippen LogP contribution in [0.25, 0.3) is 0 Å². The van der Waals surface area contributed by atoms with Gasteiger partial charge in [0.15, 0.2) is 0 Å². The van der Waals surface area contributed by atoms with Crippen LogP contribution in [0.1, 0.15) is 17.4 Å². The topological polar surface area (TPSA) is 91.7 Å². The predicted molar refractivity (Wildman–Crippen MR) is 84.8 cm³/mol. The van der Waals surface area contributed by atoms with Crippen LogP contribution in [0.5, 0.6) is 0 Å². The molecule has 1 aromatic carbocycles. The van der Waals surface area contributed by atoms with Gasteiger partial charge in [-0.25, -0.2) is 9.18 Å². The van der Waals surface area contributed by atoms with Crippen molar-refractivity contribution < 1.29 is 24.1 Å². The second kappa shape index (κ2) is 8.58. The molecule has 0 fully saturated rings. The Morgan fingerprint density at radius 3 is 2.71 bits per heavy atom. The molecule has 0 saturated carbocycles. The molecule has 1 aromatic heterocycles. The number of ether oxygens (including phenoxy) is 1. The molecule has 0 aliphatic heterocycles. The van der Waals surface area contributed by atoms with Crippen LogP contribution in [0.3, 0.4) is 0 Å². The molecule has 0 spiro atoms. The number of carbonyl (C=O) groups is 1. The minimum Gasteiger partial charge on any atom is -0.445 e. The third-order valence-corrected chi connectivity index (χ3v) is 3.36. The van der Waals surface area contributed by atoms with E-state index in [9.17, 15) is 19.4 Å². The Balaban J connectivity index is 1.81. The van der Waals surface area contributed by atoms with E-state index < -0.39 is 24.1 Å². The number of rotatable bonds is 6. The van der Waals surface area contributed by atoms with Gasteiger partial charge in [0.05, 0.1) is 5.02 Å². The van der Waals surface area contributed by atoms with Gasteiger partial charge in [0.1, 0.15) is 30.3 Å². The van der Waals surface area contributed by atoms with E-state index in [1.54, 1.807) is 12.1 Å². The SMILES string of the molecule is O=C(NCC(O)C(O)c1ncc(Cl)cc1F)OCc1ccccc1. The minimum absolute atomic E-state index is 0.0681. The first-order valence-electron chi connectivity index (χ1n) is 7.09. The number of alkyl carbamates (subject to hydrolysis) is 1. The standard InChI is InChI=1S/C16H16ClFN2O4/c17-11-6-12(18)14(19-7-11)15(22)13(21)8-20-16(23)24-9-10-4-2-1-3-5-10/h1-7,13,15,21-22H,8-9H2,(H,20,23). The Bertz CT molecular complexity index is 687. The summed E-state index contributed by atoms with van der Waals surface area (Å²) in [5, 5.41) is 22.1. The van der Waals surface area contributed by atoms with Crippen molar-refractivity contribution in [2.24, 2.45) is 0 Å². The summed E-state index contributed by atoms with van der Waals surface area (Å²) in [4.78, 5) is 15.2. The molecule has 6 nitrogen and oxygen atoms in total. The second-order valence-corrected chi connectivity index (χ2v) is 5.41. The summed E-state index contributed by atoms with van der Waals surface area (Å²) in [5.74, 6) is -0.847. The highest BCUT2D eigenvalue weighted by molar-refractivity contribution is 6.30. The van der Waals surface area contributed by atoms with Crippen LogP contribution in [0, 0.1) is 5.82 Å². The first-order chi connectivity index (χ1) is 11.5. The van der Waals surface area contributed by atoms with E-state index in [-0.39, 0.29) is 23.9 Å². The maximum atomic E-state index is 13.6. The Labute approximate surface area is 142 Å². The van der Waals surface area contributed by atoms with Crippen molar-refractivity contribution >= 4 is 17.7 Å². The van der Waals surface area contributed by atoms with E-state index in [1.807, 2.05) is 18.2 Å². The average Bonchev–Trinajstić information content (AvgIpc) is 2.58. The monoisotopic (exact) mass is 354 g/mol. The zero-order chi connectivity index (χ0) is 17.5. The molecule has 1 heterocycles. The number of hydrogen-bond donors (Lipinski definition) is 3. The first kappa shape index (κ1) is 18.1. The molecule has 0 saturated heterocycles. The number of pyridine rings is 1. The smallest absolute Gasteiger partial charge is 0.407 e. The summed E-state index contributed by atoms with van der Waals surface area (Å²) >= 11 is 5.57. The number of halogens is 2.